The fraction of sp³-hybridized carbons (Fsp3) is 0.300. The Bertz CT molecular complexity index is 511. The van der Waals surface area contributed by atoms with E-state index in [4.69, 9.17) is 19.8 Å². The van der Waals surface area contributed by atoms with E-state index in [0.717, 1.165) is 0 Å². The van der Waals surface area contributed by atoms with Crippen LogP contribution in [0.2, 0.25) is 0 Å². The molecular formula is C10H11N3O4S. The summed E-state index contributed by atoms with van der Waals surface area (Å²) in [4.78, 5) is 14.6. The van der Waals surface area contributed by atoms with Gasteiger partial charge in [0.15, 0.2) is 11.6 Å². The van der Waals surface area contributed by atoms with Gasteiger partial charge in [0.25, 0.3) is 5.89 Å². The highest BCUT2D eigenvalue weighted by Crippen LogP contribution is 2.19. The van der Waals surface area contributed by atoms with Crippen LogP contribution in [0.4, 0.5) is 0 Å². The van der Waals surface area contributed by atoms with E-state index in [1.54, 1.807) is 12.1 Å². The number of carboxylic acids is 1. The van der Waals surface area contributed by atoms with Crippen molar-refractivity contribution in [1.82, 2.24) is 10.1 Å². The smallest absolute Gasteiger partial charge is 0.321 e. The number of aliphatic carboxylic acids is 1. The molecule has 0 aliphatic rings. The number of nitrogens with two attached hydrogens (primary N) is 1. The van der Waals surface area contributed by atoms with Crippen LogP contribution >= 0.6 is 11.8 Å². The van der Waals surface area contributed by atoms with E-state index < -0.39 is 12.0 Å². The van der Waals surface area contributed by atoms with E-state index in [2.05, 4.69) is 10.1 Å². The third kappa shape index (κ3) is 3.11. The maximum absolute atomic E-state index is 10.5. The number of aromatic nitrogens is 2. The number of rotatable bonds is 6. The summed E-state index contributed by atoms with van der Waals surface area (Å²) in [6.07, 6.45) is 1.51. The van der Waals surface area contributed by atoms with Gasteiger partial charge in [-0.05, 0) is 12.1 Å². The number of thioether (sulfide) groups is 1. The Morgan fingerprint density at radius 3 is 3.11 bits per heavy atom. The van der Waals surface area contributed by atoms with Crippen molar-refractivity contribution in [2.75, 3.05) is 5.75 Å². The summed E-state index contributed by atoms with van der Waals surface area (Å²) in [6, 6.07) is 2.55. The van der Waals surface area contributed by atoms with E-state index in [1.165, 1.54) is 18.0 Å². The monoisotopic (exact) mass is 269 g/mol. The summed E-state index contributed by atoms with van der Waals surface area (Å²) in [5.41, 5.74) is 5.36. The van der Waals surface area contributed by atoms with Gasteiger partial charge in [0.1, 0.15) is 6.04 Å². The van der Waals surface area contributed by atoms with Gasteiger partial charge in [-0.25, -0.2) is 0 Å². The Kier molecular flexibility index (Phi) is 4.00. The first kappa shape index (κ1) is 12.7. The average molecular weight is 269 g/mol. The quantitative estimate of drug-likeness (QED) is 0.797. The summed E-state index contributed by atoms with van der Waals surface area (Å²) in [6.45, 7) is 0. The predicted molar refractivity (Wildman–Crippen MR) is 63.8 cm³/mol. The first-order valence-electron chi connectivity index (χ1n) is 5.09. The molecule has 18 heavy (non-hydrogen) atoms. The summed E-state index contributed by atoms with van der Waals surface area (Å²) in [5, 5.41) is 12.4. The zero-order valence-electron chi connectivity index (χ0n) is 9.28. The second-order valence-corrected chi connectivity index (χ2v) is 4.48. The van der Waals surface area contributed by atoms with E-state index in [-0.39, 0.29) is 0 Å². The lowest BCUT2D eigenvalue weighted by molar-refractivity contribution is -0.137. The molecule has 0 aliphatic heterocycles. The molecule has 2 aromatic heterocycles. The standard InChI is InChI=1S/C10H11N3O4S/c11-6(10(14)15)4-18-5-8-12-9(17-13-8)7-2-1-3-16-7/h1-3,6H,4-5,11H2,(H,14,15)/t6-/m0/s1. The zero-order valence-corrected chi connectivity index (χ0v) is 10.1. The number of furan rings is 1. The average Bonchev–Trinajstić information content (AvgIpc) is 2.98. The highest BCUT2D eigenvalue weighted by atomic mass is 32.2. The van der Waals surface area contributed by atoms with Gasteiger partial charge in [-0.2, -0.15) is 16.7 Å². The molecule has 8 heteroatoms. The molecule has 96 valence electrons. The van der Waals surface area contributed by atoms with Gasteiger partial charge in [-0.15, -0.1) is 0 Å². The molecule has 2 heterocycles. The van der Waals surface area contributed by atoms with Crippen molar-refractivity contribution in [3.8, 4) is 11.7 Å². The SMILES string of the molecule is N[C@@H](CSCc1noc(-c2ccco2)n1)C(=O)O. The van der Waals surface area contributed by atoms with Crippen molar-refractivity contribution >= 4 is 17.7 Å². The lowest BCUT2D eigenvalue weighted by Crippen LogP contribution is -2.32. The number of nitrogens with zero attached hydrogens (tertiary/aromatic N) is 2. The largest absolute Gasteiger partial charge is 0.480 e. The summed E-state index contributed by atoms with van der Waals surface area (Å²) >= 11 is 1.33. The van der Waals surface area contributed by atoms with Crippen molar-refractivity contribution < 1.29 is 18.8 Å². The number of carboxylic acid groups (broad SMARTS) is 1. The van der Waals surface area contributed by atoms with Crippen LogP contribution in [0.25, 0.3) is 11.7 Å². The molecule has 0 radical (unpaired) electrons. The van der Waals surface area contributed by atoms with Crippen molar-refractivity contribution in [2.24, 2.45) is 5.73 Å². The van der Waals surface area contributed by atoms with Gasteiger partial charge in [0.05, 0.1) is 12.0 Å². The molecule has 1 atom stereocenters. The van der Waals surface area contributed by atoms with Gasteiger partial charge in [0, 0.05) is 5.75 Å². The first-order chi connectivity index (χ1) is 8.66. The Balaban J connectivity index is 1.86. The van der Waals surface area contributed by atoms with E-state index in [9.17, 15) is 4.79 Å². The highest BCUT2D eigenvalue weighted by Gasteiger charge is 2.14. The molecule has 0 aliphatic carbocycles. The Morgan fingerprint density at radius 2 is 2.44 bits per heavy atom. The Labute approximate surface area is 106 Å². The van der Waals surface area contributed by atoms with Crippen LogP contribution in [0, 0.1) is 0 Å². The number of hydrogen-bond acceptors (Lipinski definition) is 7. The molecule has 0 aromatic carbocycles. The Morgan fingerprint density at radius 1 is 1.61 bits per heavy atom. The van der Waals surface area contributed by atoms with Crippen molar-refractivity contribution in [2.45, 2.75) is 11.8 Å². The van der Waals surface area contributed by atoms with Crippen LogP contribution < -0.4 is 5.73 Å². The van der Waals surface area contributed by atoms with Crippen LogP contribution in [0.5, 0.6) is 0 Å². The molecule has 0 amide bonds. The molecule has 0 fully saturated rings. The maximum atomic E-state index is 10.5. The molecule has 7 nitrogen and oxygen atoms in total. The summed E-state index contributed by atoms with van der Waals surface area (Å²) < 4.78 is 10.1. The van der Waals surface area contributed by atoms with Gasteiger partial charge in [0.2, 0.25) is 0 Å². The highest BCUT2D eigenvalue weighted by molar-refractivity contribution is 7.98. The van der Waals surface area contributed by atoms with Gasteiger partial charge in [-0.3, -0.25) is 4.79 Å². The molecule has 0 spiro atoms. The lowest BCUT2D eigenvalue weighted by Gasteiger charge is -2.03. The fourth-order valence-electron chi connectivity index (χ4n) is 1.16. The molecule has 0 saturated heterocycles. The third-order valence-corrected chi connectivity index (χ3v) is 3.10. The molecule has 3 N–H and O–H groups in total. The topological polar surface area (TPSA) is 115 Å². The molecular weight excluding hydrogens is 258 g/mol. The van der Waals surface area contributed by atoms with Gasteiger partial charge >= 0.3 is 5.97 Å². The van der Waals surface area contributed by atoms with E-state index >= 15 is 0 Å². The first-order valence-corrected chi connectivity index (χ1v) is 6.25. The van der Waals surface area contributed by atoms with Crippen LogP contribution in [0.15, 0.2) is 27.3 Å². The molecule has 0 unspecified atom stereocenters. The minimum absolute atomic E-state index is 0.292. The third-order valence-electron chi connectivity index (χ3n) is 2.05. The lowest BCUT2D eigenvalue weighted by atomic mass is 10.4. The molecule has 0 bridgehead atoms. The summed E-state index contributed by atoms with van der Waals surface area (Å²) in [5.74, 6) is 0.987. The van der Waals surface area contributed by atoms with Gasteiger partial charge in [-0.1, -0.05) is 5.16 Å². The molecule has 0 saturated carbocycles. The van der Waals surface area contributed by atoms with Crippen LogP contribution in [-0.4, -0.2) is 33.0 Å². The fourth-order valence-corrected chi connectivity index (χ4v) is 1.98. The second-order valence-electron chi connectivity index (χ2n) is 3.45. The predicted octanol–water partition coefficient (Wildman–Crippen LogP) is 0.975. The number of carbonyl (C=O) groups is 1. The Hall–Kier alpha value is -1.80. The van der Waals surface area contributed by atoms with E-state index in [0.29, 0.717) is 29.0 Å². The van der Waals surface area contributed by atoms with Crippen molar-refractivity contribution in [3.05, 3.63) is 24.2 Å². The van der Waals surface area contributed by atoms with Gasteiger partial charge < -0.3 is 19.8 Å². The molecule has 2 rings (SSSR count). The minimum Gasteiger partial charge on any atom is -0.480 e. The molecule has 2 aromatic rings. The van der Waals surface area contributed by atoms with Crippen molar-refractivity contribution in [3.63, 3.8) is 0 Å². The van der Waals surface area contributed by atoms with Crippen LogP contribution in [0.3, 0.4) is 0 Å². The van der Waals surface area contributed by atoms with E-state index in [1.807, 2.05) is 0 Å². The normalized spacial score (nSPS) is 12.5. The summed E-state index contributed by atoms with van der Waals surface area (Å²) in [7, 11) is 0. The zero-order chi connectivity index (χ0) is 13.0. The maximum Gasteiger partial charge on any atom is 0.321 e. The van der Waals surface area contributed by atoms with Crippen LogP contribution in [-0.2, 0) is 10.5 Å². The van der Waals surface area contributed by atoms with Crippen molar-refractivity contribution in [1.29, 1.82) is 0 Å². The second kappa shape index (κ2) is 5.69. The number of hydrogen-bond donors (Lipinski definition) is 2. The minimum atomic E-state index is -1.02. The van der Waals surface area contributed by atoms with Crippen LogP contribution in [0.1, 0.15) is 5.82 Å².